The Balaban J connectivity index is 2.31. The van der Waals surface area contributed by atoms with Gasteiger partial charge in [-0.2, -0.15) is 0 Å². The zero-order valence-electron chi connectivity index (χ0n) is 13.2. The molecular formula is C16H22ClN3S. The Labute approximate surface area is 135 Å². The summed E-state index contributed by atoms with van der Waals surface area (Å²) in [5, 5.41) is 8.53. The predicted molar refractivity (Wildman–Crippen MR) is 90.3 cm³/mol. The molecule has 0 saturated heterocycles. The zero-order chi connectivity index (χ0) is 15.6. The third-order valence-corrected chi connectivity index (χ3v) is 4.71. The Morgan fingerprint density at radius 3 is 2.62 bits per heavy atom. The number of likely N-dealkylation sites (N-methyl/N-ethyl adjacent to an activating group) is 1. The largest absolute Gasteiger partial charge is 0.312 e. The van der Waals surface area contributed by atoms with Crippen LogP contribution in [0, 0.1) is 6.92 Å². The van der Waals surface area contributed by atoms with Crippen LogP contribution in [0.25, 0.3) is 0 Å². The van der Waals surface area contributed by atoms with E-state index in [1.54, 1.807) is 0 Å². The van der Waals surface area contributed by atoms with Gasteiger partial charge in [0.05, 0.1) is 10.6 Å². The molecule has 1 heterocycles. The third-order valence-electron chi connectivity index (χ3n) is 3.52. The van der Waals surface area contributed by atoms with E-state index < -0.39 is 0 Å². The zero-order valence-corrected chi connectivity index (χ0v) is 14.8. The first-order chi connectivity index (χ1) is 9.82. The van der Waals surface area contributed by atoms with E-state index in [9.17, 15) is 0 Å². The van der Waals surface area contributed by atoms with Crippen molar-refractivity contribution < 1.29 is 0 Å². The molecule has 3 nitrogen and oxygen atoms in total. The van der Waals surface area contributed by atoms with Gasteiger partial charge in [-0.3, -0.25) is 0 Å². The van der Waals surface area contributed by atoms with Crippen LogP contribution in [0.2, 0.25) is 5.02 Å². The SMILES string of the molecule is CNC(Cc1ccc(C)cc1Cl)c1snnc1C(C)(C)C. The van der Waals surface area contributed by atoms with Gasteiger partial charge < -0.3 is 5.32 Å². The van der Waals surface area contributed by atoms with Crippen LogP contribution in [0.3, 0.4) is 0 Å². The van der Waals surface area contributed by atoms with E-state index in [-0.39, 0.29) is 11.5 Å². The van der Waals surface area contributed by atoms with Crippen molar-refractivity contribution in [3.63, 3.8) is 0 Å². The van der Waals surface area contributed by atoms with Crippen molar-refractivity contribution in [2.75, 3.05) is 7.05 Å². The molecule has 0 aliphatic heterocycles. The number of hydrogen-bond donors (Lipinski definition) is 1. The van der Waals surface area contributed by atoms with Crippen LogP contribution in [-0.4, -0.2) is 16.6 Å². The number of nitrogens with zero attached hydrogens (tertiary/aromatic N) is 2. The van der Waals surface area contributed by atoms with Crippen molar-refractivity contribution in [3.05, 3.63) is 44.9 Å². The van der Waals surface area contributed by atoms with Crippen LogP contribution in [0.5, 0.6) is 0 Å². The van der Waals surface area contributed by atoms with Gasteiger partial charge in [0.15, 0.2) is 0 Å². The fourth-order valence-electron chi connectivity index (χ4n) is 2.31. The lowest BCUT2D eigenvalue weighted by molar-refractivity contribution is 0.530. The first-order valence-electron chi connectivity index (χ1n) is 7.08. The van der Waals surface area contributed by atoms with Crippen LogP contribution in [0.15, 0.2) is 18.2 Å². The van der Waals surface area contributed by atoms with Crippen molar-refractivity contribution >= 4 is 23.1 Å². The van der Waals surface area contributed by atoms with Crippen LogP contribution in [0.1, 0.15) is 48.5 Å². The Bertz CT molecular complexity index is 616. The normalized spacial score (nSPS) is 13.4. The summed E-state index contributed by atoms with van der Waals surface area (Å²) in [6, 6.07) is 6.40. The molecule has 21 heavy (non-hydrogen) atoms. The van der Waals surface area contributed by atoms with Gasteiger partial charge in [-0.25, -0.2) is 0 Å². The van der Waals surface area contributed by atoms with E-state index in [0.717, 1.165) is 22.7 Å². The predicted octanol–water partition coefficient (Wildman–Crippen LogP) is 4.30. The minimum atomic E-state index is -0.00545. The van der Waals surface area contributed by atoms with Crippen LogP contribution in [-0.2, 0) is 11.8 Å². The summed E-state index contributed by atoms with van der Waals surface area (Å²) in [6.45, 7) is 8.55. The van der Waals surface area contributed by atoms with Crippen LogP contribution < -0.4 is 5.32 Å². The summed E-state index contributed by atoms with van der Waals surface area (Å²) in [6.07, 6.45) is 0.836. The highest BCUT2D eigenvalue weighted by Crippen LogP contribution is 2.33. The standard InChI is InChI=1S/C16H22ClN3S/c1-10-6-7-11(12(17)8-10)9-13(18-5)14-15(16(2,3)4)19-20-21-14/h6-8,13,18H,9H2,1-5H3. The van der Waals surface area contributed by atoms with Crippen molar-refractivity contribution in [2.45, 2.75) is 45.6 Å². The Morgan fingerprint density at radius 1 is 1.33 bits per heavy atom. The molecule has 0 bridgehead atoms. The van der Waals surface area contributed by atoms with Crippen molar-refractivity contribution in [1.82, 2.24) is 14.9 Å². The molecule has 0 aliphatic carbocycles. The lowest BCUT2D eigenvalue weighted by Crippen LogP contribution is -2.23. The fraction of sp³-hybridized carbons (Fsp3) is 0.500. The van der Waals surface area contributed by atoms with E-state index >= 15 is 0 Å². The fourth-order valence-corrected chi connectivity index (χ4v) is 3.59. The molecule has 1 atom stereocenters. The molecule has 0 saturated carbocycles. The number of halogens is 1. The van der Waals surface area contributed by atoms with Gasteiger partial charge >= 0.3 is 0 Å². The van der Waals surface area contributed by atoms with E-state index in [2.05, 4.69) is 54.7 Å². The highest BCUT2D eigenvalue weighted by atomic mass is 35.5. The first kappa shape index (κ1) is 16.4. The van der Waals surface area contributed by atoms with Crippen molar-refractivity contribution in [3.8, 4) is 0 Å². The number of aryl methyl sites for hydroxylation is 1. The lowest BCUT2D eigenvalue weighted by atomic mass is 9.89. The van der Waals surface area contributed by atoms with Gasteiger partial charge in [0.1, 0.15) is 0 Å². The molecule has 5 heteroatoms. The summed E-state index contributed by atoms with van der Waals surface area (Å²) in [4.78, 5) is 1.20. The maximum Gasteiger partial charge on any atom is 0.0857 e. The second-order valence-electron chi connectivity index (χ2n) is 6.38. The van der Waals surface area contributed by atoms with E-state index in [0.29, 0.717) is 0 Å². The summed E-state index contributed by atoms with van der Waals surface area (Å²) >= 11 is 7.84. The topological polar surface area (TPSA) is 37.8 Å². The van der Waals surface area contributed by atoms with Gasteiger partial charge in [-0.1, -0.05) is 49.0 Å². The number of rotatable bonds is 4. The van der Waals surface area contributed by atoms with Crippen molar-refractivity contribution in [2.24, 2.45) is 0 Å². The van der Waals surface area contributed by atoms with Crippen LogP contribution >= 0.6 is 23.1 Å². The molecule has 0 amide bonds. The van der Waals surface area contributed by atoms with Gasteiger partial charge in [0.25, 0.3) is 0 Å². The summed E-state index contributed by atoms with van der Waals surface area (Å²) in [7, 11) is 1.97. The minimum absolute atomic E-state index is 0.00545. The maximum absolute atomic E-state index is 6.37. The Morgan fingerprint density at radius 2 is 2.05 bits per heavy atom. The monoisotopic (exact) mass is 323 g/mol. The second-order valence-corrected chi connectivity index (χ2v) is 7.57. The second kappa shape index (κ2) is 6.42. The highest BCUT2D eigenvalue weighted by Gasteiger charge is 2.27. The smallest absolute Gasteiger partial charge is 0.0857 e. The van der Waals surface area contributed by atoms with Crippen molar-refractivity contribution in [1.29, 1.82) is 0 Å². The average molecular weight is 324 g/mol. The van der Waals surface area contributed by atoms with Gasteiger partial charge in [-0.15, -0.1) is 5.10 Å². The molecule has 0 spiro atoms. The summed E-state index contributed by atoms with van der Waals surface area (Å²) < 4.78 is 4.15. The maximum atomic E-state index is 6.37. The van der Waals surface area contributed by atoms with Gasteiger partial charge in [0.2, 0.25) is 0 Å². The molecule has 1 aromatic carbocycles. The number of benzene rings is 1. The minimum Gasteiger partial charge on any atom is -0.312 e. The number of hydrogen-bond acceptors (Lipinski definition) is 4. The number of aromatic nitrogens is 2. The van der Waals surface area contributed by atoms with Gasteiger partial charge in [0, 0.05) is 16.5 Å². The Kier molecular flexibility index (Phi) is 5.02. The van der Waals surface area contributed by atoms with E-state index in [1.807, 2.05) is 13.1 Å². The van der Waals surface area contributed by atoms with Crippen LogP contribution in [0.4, 0.5) is 0 Å². The molecule has 114 valence electrons. The molecule has 1 unspecified atom stereocenters. The quantitative estimate of drug-likeness (QED) is 0.911. The molecule has 0 radical (unpaired) electrons. The first-order valence-corrected chi connectivity index (χ1v) is 8.23. The van der Waals surface area contributed by atoms with E-state index in [4.69, 9.17) is 11.6 Å². The Hall–Kier alpha value is -0.970. The molecule has 1 aromatic heterocycles. The average Bonchev–Trinajstić information content (AvgIpc) is 2.87. The van der Waals surface area contributed by atoms with E-state index in [1.165, 1.54) is 22.0 Å². The molecule has 2 rings (SSSR count). The molecule has 2 aromatic rings. The highest BCUT2D eigenvalue weighted by molar-refractivity contribution is 7.05. The molecule has 0 fully saturated rings. The number of nitrogens with one attached hydrogen (secondary N) is 1. The molecule has 0 aliphatic rings. The molecule has 1 N–H and O–H groups in total. The third kappa shape index (κ3) is 3.82. The lowest BCUT2D eigenvalue weighted by Gasteiger charge is -2.22. The summed E-state index contributed by atoms with van der Waals surface area (Å²) in [5.41, 5.74) is 3.39. The molecular weight excluding hydrogens is 302 g/mol. The van der Waals surface area contributed by atoms with Gasteiger partial charge in [-0.05, 0) is 49.1 Å². The summed E-state index contributed by atoms with van der Waals surface area (Å²) in [5.74, 6) is 0.